The Labute approximate surface area is 102 Å². The van der Waals surface area contributed by atoms with Crippen LogP contribution in [0, 0.1) is 0 Å². The third kappa shape index (κ3) is 3.61. The Morgan fingerprint density at radius 1 is 1.12 bits per heavy atom. The lowest BCUT2D eigenvalue weighted by molar-refractivity contribution is 0.174. The molecule has 0 unspecified atom stereocenters. The zero-order valence-electron chi connectivity index (χ0n) is 10.1. The summed E-state index contributed by atoms with van der Waals surface area (Å²) in [6.45, 7) is 3.16. The van der Waals surface area contributed by atoms with Crippen molar-refractivity contribution >= 4 is 0 Å². The minimum Gasteiger partial charge on any atom is -0.454 e. The standard InChI is InChI=1S/C13H20N2O2/c14-6-1-2-7-15-8-5-11-3-4-12-13(9-11)17-10-16-12/h3-4,9,15H,1-2,5-8,10,14H2. The van der Waals surface area contributed by atoms with Crippen LogP contribution in [0.4, 0.5) is 0 Å². The molecule has 0 spiro atoms. The van der Waals surface area contributed by atoms with Gasteiger partial charge in [0.05, 0.1) is 0 Å². The van der Waals surface area contributed by atoms with Gasteiger partial charge in [0.25, 0.3) is 0 Å². The highest BCUT2D eigenvalue weighted by molar-refractivity contribution is 5.44. The van der Waals surface area contributed by atoms with Crippen molar-refractivity contribution in [3.05, 3.63) is 23.8 Å². The van der Waals surface area contributed by atoms with Gasteiger partial charge in [-0.25, -0.2) is 0 Å². The predicted octanol–water partition coefficient (Wildman–Crippen LogP) is 1.29. The lowest BCUT2D eigenvalue weighted by Gasteiger charge is -2.05. The average Bonchev–Trinajstić information content (AvgIpc) is 2.81. The molecule has 0 atom stereocenters. The Bertz CT molecular complexity index is 355. The average molecular weight is 236 g/mol. The van der Waals surface area contributed by atoms with Gasteiger partial charge >= 0.3 is 0 Å². The van der Waals surface area contributed by atoms with Crippen LogP contribution in [-0.4, -0.2) is 26.4 Å². The van der Waals surface area contributed by atoms with Crippen molar-refractivity contribution in [3.63, 3.8) is 0 Å². The molecule has 0 radical (unpaired) electrons. The number of fused-ring (bicyclic) bond motifs is 1. The summed E-state index contributed by atoms with van der Waals surface area (Å²) in [5.41, 5.74) is 6.71. The molecule has 94 valence electrons. The molecule has 1 aliphatic rings. The molecule has 0 aromatic heterocycles. The van der Waals surface area contributed by atoms with Crippen LogP contribution in [-0.2, 0) is 6.42 Å². The van der Waals surface area contributed by atoms with Gasteiger partial charge in [0.2, 0.25) is 6.79 Å². The highest BCUT2D eigenvalue weighted by Crippen LogP contribution is 2.32. The number of nitrogens with one attached hydrogen (secondary N) is 1. The van der Waals surface area contributed by atoms with E-state index in [1.165, 1.54) is 5.56 Å². The predicted molar refractivity (Wildman–Crippen MR) is 67.4 cm³/mol. The zero-order chi connectivity index (χ0) is 11.9. The number of ether oxygens (including phenoxy) is 2. The van der Waals surface area contributed by atoms with E-state index < -0.39 is 0 Å². The first-order valence-electron chi connectivity index (χ1n) is 6.19. The van der Waals surface area contributed by atoms with Gasteiger partial charge in [0.1, 0.15) is 0 Å². The third-order valence-corrected chi connectivity index (χ3v) is 2.84. The van der Waals surface area contributed by atoms with Gasteiger partial charge in [-0.05, 0) is 56.6 Å². The van der Waals surface area contributed by atoms with Crippen LogP contribution in [0.25, 0.3) is 0 Å². The fourth-order valence-corrected chi connectivity index (χ4v) is 1.85. The van der Waals surface area contributed by atoms with E-state index in [4.69, 9.17) is 15.2 Å². The second kappa shape index (κ2) is 6.47. The third-order valence-electron chi connectivity index (χ3n) is 2.84. The lowest BCUT2D eigenvalue weighted by atomic mass is 10.1. The summed E-state index contributed by atoms with van der Waals surface area (Å²) in [7, 11) is 0. The monoisotopic (exact) mass is 236 g/mol. The molecular formula is C13H20N2O2. The van der Waals surface area contributed by atoms with E-state index in [0.29, 0.717) is 6.79 Å². The molecule has 0 saturated heterocycles. The normalized spacial score (nSPS) is 13.0. The van der Waals surface area contributed by atoms with Gasteiger partial charge in [-0.15, -0.1) is 0 Å². The molecule has 1 aliphatic heterocycles. The van der Waals surface area contributed by atoms with Crippen LogP contribution in [0.2, 0.25) is 0 Å². The summed E-state index contributed by atoms with van der Waals surface area (Å²) < 4.78 is 10.6. The summed E-state index contributed by atoms with van der Waals surface area (Å²) in [6.07, 6.45) is 3.26. The van der Waals surface area contributed by atoms with Gasteiger partial charge in [-0.1, -0.05) is 6.07 Å². The first-order chi connectivity index (χ1) is 8.40. The Hall–Kier alpha value is -1.26. The van der Waals surface area contributed by atoms with Crippen molar-refractivity contribution in [3.8, 4) is 11.5 Å². The Morgan fingerprint density at radius 3 is 2.88 bits per heavy atom. The molecule has 17 heavy (non-hydrogen) atoms. The topological polar surface area (TPSA) is 56.5 Å². The summed E-state index contributed by atoms with van der Waals surface area (Å²) in [5, 5.41) is 3.41. The number of hydrogen-bond acceptors (Lipinski definition) is 4. The SMILES string of the molecule is NCCCCNCCc1ccc2c(c1)OCO2. The molecule has 0 fully saturated rings. The van der Waals surface area contributed by atoms with E-state index >= 15 is 0 Å². The molecule has 1 heterocycles. The first-order valence-corrected chi connectivity index (χ1v) is 6.19. The quantitative estimate of drug-likeness (QED) is 0.700. The summed E-state index contributed by atoms with van der Waals surface area (Å²) >= 11 is 0. The maximum Gasteiger partial charge on any atom is 0.231 e. The molecule has 0 aliphatic carbocycles. The molecule has 0 amide bonds. The summed E-state index contributed by atoms with van der Waals surface area (Å²) in [4.78, 5) is 0. The van der Waals surface area contributed by atoms with Gasteiger partial charge in [-0.3, -0.25) is 0 Å². The molecule has 1 aromatic carbocycles. The van der Waals surface area contributed by atoms with Gasteiger partial charge in [-0.2, -0.15) is 0 Å². The van der Waals surface area contributed by atoms with E-state index in [9.17, 15) is 0 Å². The second-order valence-corrected chi connectivity index (χ2v) is 4.18. The van der Waals surface area contributed by atoms with E-state index in [-0.39, 0.29) is 0 Å². The van der Waals surface area contributed by atoms with Gasteiger partial charge in [0.15, 0.2) is 11.5 Å². The largest absolute Gasteiger partial charge is 0.454 e. The van der Waals surface area contributed by atoms with Crippen molar-refractivity contribution in [2.75, 3.05) is 26.4 Å². The van der Waals surface area contributed by atoms with Crippen molar-refractivity contribution in [2.24, 2.45) is 5.73 Å². The van der Waals surface area contributed by atoms with Crippen LogP contribution >= 0.6 is 0 Å². The number of nitrogens with two attached hydrogens (primary N) is 1. The second-order valence-electron chi connectivity index (χ2n) is 4.18. The number of benzene rings is 1. The molecule has 3 N–H and O–H groups in total. The Kier molecular flexibility index (Phi) is 4.64. The maximum absolute atomic E-state index is 5.43. The Balaban J connectivity index is 1.69. The zero-order valence-corrected chi connectivity index (χ0v) is 10.1. The van der Waals surface area contributed by atoms with E-state index in [1.54, 1.807) is 0 Å². The molecule has 0 saturated carbocycles. The van der Waals surface area contributed by atoms with Gasteiger partial charge < -0.3 is 20.5 Å². The number of rotatable bonds is 7. The van der Waals surface area contributed by atoms with Crippen molar-refractivity contribution in [2.45, 2.75) is 19.3 Å². The van der Waals surface area contributed by atoms with E-state index in [0.717, 1.165) is 50.4 Å². The fourth-order valence-electron chi connectivity index (χ4n) is 1.85. The number of unbranched alkanes of at least 4 members (excludes halogenated alkanes) is 1. The fraction of sp³-hybridized carbons (Fsp3) is 0.538. The van der Waals surface area contributed by atoms with Crippen molar-refractivity contribution in [1.82, 2.24) is 5.32 Å². The van der Waals surface area contributed by atoms with Crippen LogP contribution in [0.3, 0.4) is 0 Å². The van der Waals surface area contributed by atoms with E-state index in [2.05, 4.69) is 17.4 Å². The maximum atomic E-state index is 5.43. The van der Waals surface area contributed by atoms with Crippen LogP contribution in [0.5, 0.6) is 11.5 Å². The van der Waals surface area contributed by atoms with E-state index in [1.807, 2.05) is 6.07 Å². The Morgan fingerprint density at radius 2 is 2.00 bits per heavy atom. The molecule has 0 bridgehead atoms. The smallest absolute Gasteiger partial charge is 0.231 e. The minimum atomic E-state index is 0.343. The number of hydrogen-bond donors (Lipinski definition) is 2. The van der Waals surface area contributed by atoms with Gasteiger partial charge in [0, 0.05) is 0 Å². The first kappa shape index (κ1) is 12.2. The molecular weight excluding hydrogens is 216 g/mol. The van der Waals surface area contributed by atoms with Crippen LogP contribution in [0.1, 0.15) is 18.4 Å². The molecule has 4 heteroatoms. The molecule has 4 nitrogen and oxygen atoms in total. The van der Waals surface area contributed by atoms with Crippen molar-refractivity contribution < 1.29 is 9.47 Å². The summed E-state index contributed by atoms with van der Waals surface area (Å²) in [6, 6.07) is 6.13. The summed E-state index contributed by atoms with van der Waals surface area (Å²) in [5.74, 6) is 1.72. The molecule has 2 rings (SSSR count). The molecule has 1 aromatic rings. The van der Waals surface area contributed by atoms with Crippen molar-refractivity contribution in [1.29, 1.82) is 0 Å². The van der Waals surface area contributed by atoms with Crippen LogP contribution in [0.15, 0.2) is 18.2 Å². The highest BCUT2D eigenvalue weighted by atomic mass is 16.7. The lowest BCUT2D eigenvalue weighted by Crippen LogP contribution is -2.19. The highest BCUT2D eigenvalue weighted by Gasteiger charge is 2.12. The minimum absolute atomic E-state index is 0.343. The van der Waals surface area contributed by atoms with Crippen LogP contribution < -0.4 is 20.5 Å².